The van der Waals surface area contributed by atoms with Crippen molar-refractivity contribution in [3.63, 3.8) is 0 Å². The lowest BCUT2D eigenvalue weighted by atomic mass is 9.97. The van der Waals surface area contributed by atoms with Gasteiger partial charge in [0.05, 0.1) is 31.7 Å². The summed E-state index contributed by atoms with van der Waals surface area (Å²) < 4.78 is 18.7. The molecule has 148 valence electrons. The summed E-state index contributed by atoms with van der Waals surface area (Å²) in [5.74, 6) is 3.55. The van der Waals surface area contributed by atoms with Gasteiger partial charge < -0.3 is 18.6 Å². The highest BCUT2D eigenvalue weighted by Gasteiger charge is 2.23. The first kappa shape index (κ1) is 17.8. The van der Waals surface area contributed by atoms with Gasteiger partial charge in [-0.1, -0.05) is 16.9 Å². The number of furan rings is 1. The predicted molar refractivity (Wildman–Crippen MR) is 104 cm³/mol. The van der Waals surface area contributed by atoms with Crippen molar-refractivity contribution in [3.8, 4) is 0 Å². The zero-order chi connectivity index (χ0) is 18.8. The van der Waals surface area contributed by atoms with Crippen LogP contribution in [-0.4, -0.2) is 46.2 Å². The summed E-state index contributed by atoms with van der Waals surface area (Å²) in [6.07, 6.45) is 6.16. The van der Waals surface area contributed by atoms with E-state index in [2.05, 4.69) is 24.8 Å². The number of nitrogens with zero attached hydrogens (tertiary/aromatic N) is 5. The molecule has 1 saturated heterocycles. The second-order valence-corrected chi connectivity index (χ2v) is 8.02. The van der Waals surface area contributed by atoms with Gasteiger partial charge in [0.2, 0.25) is 5.95 Å². The first-order chi connectivity index (χ1) is 13.9. The maximum Gasteiger partial charge on any atom is 0.228 e. The molecule has 2 aliphatic rings. The van der Waals surface area contributed by atoms with Crippen LogP contribution in [0, 0.1) is 0 Å². The number of hydrogen-bond acceptors (Lipinski definition) is 8. The minimum Gasteiger partial charge on any atom is -0.467 e. The largest absolute Gasteiger partial charge is 0.467 e. The lowest BCUT2D eigenvalue weighted by molar-refractivity contribution is 0.121. The first-order valence-corrected chi connectivity index (χ1v) is 10.7. The highest BCUT2D eigenvalue weighted by atomic mass is 32.2. The van der Waals surface area contributed by atoms with Gasteiger partial charge in [0, 0.05) is 30.8 Å². The normalized spacial score (nSPS) is 17.1. The van der Waals surface area contributed by atoms with Gasteiger partial charge in [0.15, 0.2) is 5.16 Å². The molecule has 0 spiro atoms. The summed E-state index contributed by atoms with van der Waals surface area (Å²) in [6.45, 7) is 3.66. The Kier molecular flexibility index (Phi) is 5.09. The van der Waals surface area contributed by atoms with Gasteiger partial charge in [-0.3, -0.25) is 4.57 Å². The van der Waals surface area contributed by atoms with Crippen molar-refractivity contribution in [1.82, 2.24) is 19.9 Å². The third kappa shape index (κ3) is 3.56. The Morgan fingerprint density at radius 2 is 2.00 bits per heavy atom. The monoisotopic (exact) mass is 401 g/mol. The van der Waals surface area contributed by atoms with E-state index in [9.17, 15) is 0 Å². The molecule has 0 radical (unpaired) electrons. The lowest BCUT2D eigenvalue weighted by Crippen LogP contribution is -2.38. The fraction of sp³-hybridized carbons (Fsp3) is 0.526. The van der Waals surface area contributed by atoms with Crippen LogP contribution in [-0.2, 0) is 29.9 Å². The number of morpholine rings is 1. The van der Waals surface area contributed by atoms with Crippen LogP contribution in [0.25, 0.3) is 0 Å². The molecular weight excluding hydrogens is 378 g/mol. The van der Waals surface area contributed by atoms with Crippen molar-refractivity contribution in [2.24, 2.45) is 0 Å². The highest BCUT2D eigenvalue weighted by molar-refractivity contribution is 7.98. The number of hydrogen-bond donors (Lipinski definition) is 0. The molecule has 1 aliphatic heterocycles. The molecule has 8 nitrogen and oxygen atoms in total. The van der Waals surface area contributed by atoms with Crippen molar-refractivity contribution in [2.45, 2.75) is 43.1 Å². The SMILES string of the molecule is c1coc(Cn2c(SCc3noc4c3CCCC4)nnc2N2CCOCC2)c1. The molecule has 0 bridgehead atoms. The molecule has 5 rings (SSSR count). The van der Waals surface area contributed by atoms with E-state index in [0.717, 1.165) is 60.0 Å². The van der Waals surface area contributed by atoms with Crippen molar-refractivity contribution < 1.29 is 13.7 Å². The molecule has 0 N–H and O–H groups in total. The Balaban J connectivity index is 1.38. The van der Waals surface area contributed by atoms with Crippen molar-refractivity contribution in [3.05, 3.63) is 41.2 Å². The number of fused-ring (bicyclic) bond motifs is 1. The minimum absolute atomic E-state index is 0.603. The zero-order valence-corrected chi connectivity index (χ0v) is 16.5. The van der Waals surface area contributed by atoms with Gasteiger partial charge in [0.1, 0.15) is 11.5 Å². The van der Waals surface area contributed by atoms with Crippen LogP contribution in [0.3, 0.4) is 0 Å². The summed E-state index contributed by atoms with van der Waals surface area (Å²) in [7, 11) is 0. The molecule has 4 heterocycles. The fourth-order valence-corrected chi connectivity index (χ4v) is 4.67. The molecule has 3 aromatic rings. The van der Waals surface area contributed by atoms with Crippen molar-refractivity contribution in [2.75, 3.05) is 31.2 Å². The summed E-state index contributed by atoms with van der Waals surface area (Å²) >= 11 is 1.65. The van der Waals surface area contributed by atoms with Crippen molar-refractivity contribution >= 4 is 17.7 Å². The van der Waals surface area contributed by atoms with Gasteiger partial charge in [-0.05, 0) is 31.4 Å². The Hall–Kier alpha value is -2.26. The van der Waals surface area contributed by atoms with Gasteiger partial charge in [-0.2, -0.15) is 0 Å². The Bertz CT molecular complexity index is 914. The Morgan fingerprint density at radius 3 is 2.86 bits per heavy atom. The number of anilines is 1. The maximum absolute atomic E-state index is 5.57. The van der Waals surface area contributed by atoms with Gasteiger partial charge in [0.25, 0.3) is 0 Å². The molecular formula is C19H23N5O3S. The predicted octanol–water partition coefficient (Wildman–Crippen LogP) is 2.92. The van der Waals surface area contributed by atoms with E-state index in [1.807, 2.05) is 12.1 Å². The van der Waals surface area contributed by atoms with Crippen molar-refractivity contribution in [1.29, 1.82) is 0 Å². The average Bonchev–Trinajstić information content (AvgIpc) is 3.48. The minimum atomic E-state index is 0.603. The van der Waals surface area contributed by atoms with Crippen LogP contribution < -0.4 is 4.90 Å². The molecule has 1 fully saturated rings. The van der Waals surface area contributed by atoms with E-state index in [-0.39, 0.29) is 0 Å². The fourth-order valence-electron chi connectivity index (χ4n) is 3.78. The smallest absolute Gasteiger partial charge is 0.228 e. The number of thioether (sulfide) groups is 1. The van der Waals surface area contributed by atoms with E-state index >= 15 is 0 Å². The second-order valence-electron chi connectivity index (χ2n) is 7.07. The molecule has 0 amide bonds. The number of aryl methyl sites for hydroxylation is 1. The molecule has 0 aromatic carbocycles. The second kappa shape index (κ2) is 8.00. The standard InChI is InChI=1S/C19H23N5O3S/c1-2-6-17-15(5-1)16(22-27-17)13-28-19-21-20-18(23-7-10-25-11-8-23)24(19)12-14-4-3-9-26-14/h3-4,9H,1-2,5-8,10-13H2. The van der Waals surface area contributed by atoms with Crippen LogP contribution >= 0.6 is 11.8 Å². The van der Waals surface area contributed by atoms with E-state index in [4.69, 9.17) is 13.7 Å². The molecule has 1 aliphatic carbocycles. The summed E-state index contributed by atoms with van der Waals surface area (Å²) in [6, 6.07) is 3.88. The Labute approximate surface area is 167 Å². The molecule has 0 saturated carbocycles. The molecule has 28 heavy (non-hydrogen) atoms. The van der Waals surface area contributed by atoms with Crippen LogP contribution in [0.2, 0.25) is 0 Å². The average molecular weight is 401 g/mol. The quantitative estimate of drug-likeness (QED) is 0.583. The third-order valence-electron chi connectivity index (χ3n) is 5.25. The number of aromatic nitrogens is 4. The van der Waals surface area contributed by atoms with E-state index < -0.39 is 0 Å². The summed E-state index contributed by atoms with van der Waals surface area (Å²) in [4.78, 5) is 2.22. The van der Waals surface area contributed by atoms with E-state index in [1.54, 1.807) is 18.0 Å². The summed E-state index contributed by atoms with van der Waals surface area (Å²) in [5, 5.41) is 14.1. The first-order valence-electron chi connectivity index (χ1n) is 9.76. The Morgan fingerprint density at radius 1 is 1.11 bits per heavy atom. The summed E-state index contributed by atoms with van der Waals surface area (Å²) in [5.41, 5.74) is 2.34. The lowest BCUT2D eigenvalue weighted by Gasteiger charge is -2.27. The topological polar surface area (TPSA) is 82.3 Å². The van der Waals surface area contributed by atoms with Crippen LogP contribution in [0.5, 0.6) is 0 Å². The van der Waals surface area contributed by atoms with Crippen LogP contribution in [0.1, 0.15) is 35.6 Å². The zero-order valence-electron chi connectivity index (χ0n) is 15.7. The van der Waals surface area contributed by atoms with Gasteiger partial charge >= 0.3 is 0 Å². The van der Waals surface area contributed by atoms with Crippen LogP contribution in [0.15, 0.2) is 32.5 Å². The number of rotatable bonds is 6. The maximum atomic E-state index is 5.57. The van der Waals surface area contributed by atoms with Gasteiger partial charge in [-0.15, -0.1) is 10.2 Å². The van der Waals surface area contributed by atoms with E-state index in [1.165, 1.54) is 18.4 Å². The molecule has 0 atom stereocenters. The third-order valence-corrected chi connectivity index (χ3v) is 6.23. The van der Waals surface area contributed by atoms with Crippen LogP contribution in [0.4, 0.5) is 5.95 Å². The van der Waals surface area contributed by atoms with Gasteiger partial charge in [-0.25, -0.2) is 0 Å². The van der Waals surface area contributed by atoms with E-state index in [0.29, 0.717) is 19.8 Å². The molecule has 3 aromatic heterocycles. The number of ether oxygens (including phenoxy) is 1. The molecule has 0 unspecified atom stereocenters. The molecule has 9 heteroatoms. The highest BCUT2D eigenvalue weighted by Crippen LogP contribution is 2.30.